The van der Waals surface area contributed by atoms with Crippen LogP contribution in [0, 0.1) is 0 Å². The van der Waals surface area contributed by atoms with Gasteiger partial charge in [0.05, 0.1) is 6.61 Å². The summed E-state index contributed by atoms with van der Waals surface area (Å²) in [7, 11) is 0. The highest BCUT2D eigenvalue weighted by Gasteiger charge is 2.14. The maximum Gasteiger partial charge on any atom is 0.333 e. The molecule has 1 fully saturated rings. The van der Waals surface area contributed by atoms with Crippen molar-refractivity contribution in [3.63, 3.8) is 0 Å². The van der Waals surface area contributed by atoms with E-state index in [0.717, 1.165) is 17.7 Å². The molecule has 1 aliphatic heterocycles. The number of thioether (sulfide) groups is 1. The van der Waals surface area contributed by atoms with E-state index in [0.29, 0.717) is 6.61 Å². The zero-order valence-corrected chi connectivity index (χ0v) is 9.08. The Morgan fingerprint density at radius 3 is 2.92 bits per heavy atom. The maximum absolute atomic E-state index is 11.4. The van der Waals surface area contributed by atoms with E-state index in [-0.39, 0.29) is 5.97 Å². The number of hydrogen-bond acceptors (Lipinski definition) is 3. The molecule has 0 radical (unpaired) electrons. The van der Waals surface area contributed by atoms with Crippen molar-refractivity contribution in [3.8, 4) is 0 Å². The molecule has 1 saturated heterocycles. The second kappa shape index (κ2) is 5.32. The van der Waals surface area contributed by atoms with E-state index >= 15 is 0 Å². The van der Waals surface area contributed by atoms with Gasteiger partial charge in [0.15, 0.2) is 0 Å². The van der Waals surface area contributed by atoms with Gasteiger partial charge in [0.25, 0.3) is 0 Å². The van der Waals surface area contributed by atoms with E-state index in [1.165, 1.54) is 17.7 Å². The third kappa shape index (κ3) is 3.07. The van der Waals surface area contributed by atoms with Gasteiger partial charge in [0.2, 0.25) is 0 Å². The first kappa shape index (κ1) is 10.6. The topological polar surface area (TPSA) is 26.3 Å². The van der Waals surface area contributed by atoms with Crippen LogP contribution < -0.4 is 0 Å². The van der Waals surface area contributed by atoms with Gasteiger partial charge in [0.1, 0.15) is 0 Å². The minimum atomic E-state index is -0.139. The molecule has 1 heterocycles. The van der Waals surface area contributed by atoms with Crippen molar-refractivity contribution in [2.75, 3.05) is 18.1 Å². The Balaban J connectivity index is 2.60. The summed E-state index contributed by atoms with van der Waals surface area (Å²) in [6.07, 6.45) is 2.26. The van der Waals surface area contributed by atoms with Gasteiger partial charge in [-0.05, 0) is 32.4 Å². The first-order valence-electron chi connectivity index (χ1n) is 4.69. The summed E-state index contributed by atoms with van der Waals surface area (Å²) < 4.78 is 4.95. The van der Waals surface area contributed by atoms with E-state index in [1.807, 2.05) is 25.6 Å². The summed E-state index contributed by atoms with van der Waals surface area (Å²) in [5.74, 6) is 2.09. The van der Waals surface area contributed by atoms with E-state index in [2.05, 4.69) is 0 Å². The largest absolute Gasteiger partial charge is 0.463 e. The Labute approximate surface area is 83.7 Å². The average molecular weight is 200 g/mol. The summed E-state index contributed by atoms with van der Waals surface area (Å²) in [5, 5.41) is 0. The Hall–Kier alpha value is -0.440. The Morgan fingerprint density at radius 2 is 2.38 bits per heavy atom. The Kier molecular flexibility index (Phi) is 4.36. The van der Waals surface area contributed by atoms with Crippen LogP contribution in [-0.2, 0) is 9.53 Å². The number of carbonyl (C=O) groups is 1. The van der Waals surface area contributed by atoms with Gasteiger partial charge in [-0.25, -0.2) is 4.79 Å². The summed E-state index contributed by atoms with van der Waals surface area (Å²) in [6.45, 7) is 4.18. The average Bonchev–Trinajstić information content (AvgIpc) is 2.18. The predicted octanol–water partition coefficient (Wildman–Crippen LogP) is 2.39. The highest BCUT2D eigenvalue weighted by Crippen LogP contribution is 2.24. The summed E-state index contributed by atoms with van der Waals surface area (Å²) in [5.41, 5.74) is 2.10. The SMILES string of the molecule is CCOC(=O)C(C)=C1CCCSC1. The van der Waals surface area contributed by atoms with Crippen LogP contribution in [0.2, 0.25) is 0 Å². The van der Waals surface area contributed by atoms with Crippen LogP contribution >= 0.6 is 11.8 Å². The van der Waals surface area contributed by atoms with Crippen molar-refractivity contribution in [1.29, 1.82) is 0 Å². The number of rotatable bonds is 2. The van der Waals surface area contributed by atoms with Gasteiger partial charge in [-0.1, -0.05) is 5.57 Å². The van der Waals surface area contributed by atoms with Crippen LogP contribution in [0.1, 0.15) is 26.7 Å². The molecule has 0 aromatic heterocycles. The maximum atomic E-state index is 11.4. The quantitative estimate of drug-likeness (QED) is 0.506. The summed E-state index contributed by atoms with van der Waals surface area (Å²) >= 11 is 1.90. The lowest BCUT2D eigenvalue weighted by Gasteiger charge is -2.15. The van der Waals surface area contributed by atoms with Gasteiger partial charge in [-0.15, -0.1) is 0 Å². The predicted molar refractivity (Wildman–Crippen MR) is 55.9 cm³/mol. The molecule has 0 bridgehead atoms. The lowest BCUT2D eigenvalue weighted by molar-refractivity contribution is -0.138. The Morgan fingerprint density at radius 1 is 1.62 bits per heavy atom. The number of esters is 1. The van der Waals surface area contributed by atoms with Crippen molar-refractivity contribution < 1.29 is 9.53 Å². The molecule has 0 aliphatic carbocycles. The molecule has 0 spiro atoms. The molecule has 0 aromatic rings. The third-order valence-electron chi connectivity index (χ3n) is 2.16. The minimum Gasteiger partial charge on any atom is -0.463 e. The first-order valence-corrected chi connectivity index (χ1v) is 5.84. The molecule has 0 saturated carbocycles. The number of hydrogen-bond donors (Lipinski definition) is 0. The Bertz CT molecular complexity index is 213. The minimum absolute atomic E-state index is 0.139. The standard InChI is InChI=1S/C10H16O2S/c1-3-12-10(11)8(2)9-5-4-6-13-7-9/h3-7H2,1-2H3. The first-order chi connectivity index (χ1) is 6.25. The lowest BCUT2D eigenvalue weighted by Crippen LogP contribution is -2.11. The highest BCUT2D eigenvalue weighted by molar-refractivity contribution is 7.99. The zero-order chi connectivity index (χ0) is 9.68. The molecule has 74 valence electrons. The van der Waals surface area contributed by atoms with Crippen molar-refractivity contribution >= 4 is 17.7 Å². The van der Waals surface area contributed by atoms with Gasteiger partial charge >= 0.3 is 5.97 Å². The van der Waals surface area contributed by atoms with Crippen LogP contribution in [0.25, 0.3) is 0 Å². The van der Waals surface area contributed by atoms with Crippen LogP contribution in [0.5, 0.6) is 0 Å². The second-order valence-electron chi connectivity index (χ2n) is 3.11. The molecule has 1 aliphatic rings. The van der Waals surface area contributed by atoms with Crippen LogP contribution in [-0.4, -0.2) is 24.1 Å². The van der Waals surface area contributed by atoms with Crippen LogP contribution in [0.3, 0.4) is 0 Å². The van der Waals surface area contributed by atoms with E-state index in [9.17, 15) is 4.79 Å². The molecule has 0 aromatic carbocycles. The van der Waals surface area contributed by atoms with E-state index in [4.69, 9.17) is 4.74 Å². The third-order valence-corrected chi connectivity index (χ3v) is 3.29. The van der Waals surface area contributed by atoms with Crippen LogP contribution in [0.4, 0.5) is 0 Å². The molecule has 1 rings (SSSR count). The smallest absolute Gasteiger partial charge is 0.333 e. The number of ether oxygens (including phenoxy) is 1. The molecule has 13 heavy (non-hydrogen) atoms. The van der Waals surface area contributed by atoms with Crippen LogP contribution in [0.15, 0.2) is 11.1 Å². The summed E-state index contributed by atoms with van der Waals surface area (Å²) in [6, 6.07) is 0. The van der Waals surface area contributed by atoms with Gasteiger partial charge in [-0.2, -0.15) is 11.8 Å². The van der Waals surface area contributed by atoms with Crippen molar-refractivity contribution in [2.24, 2.45) is 0 Å². The number of carbonyl (C=O) groups excluding carboxylic acids is 1. The normalized spacial score (nSPS) is 21.1. The molecule has 2 nitrogen and oxygen atoms in total. The van der Waals surface area contributed by atoms with E-state index < -0.39 is 0 Å². The summed E-state index contributed by atoms with van der Waals surface area (Å²) in [4.78, 5) is 11.4. The monoisotopic (exact) mass is 200 g/mol. The fourth-order valence-corrected chi connectivity index (χ4v) is 2.43. The second-order valence-corrected chi connectivity index (χ2v) is 4.21. The molecular formula is C10H16O2S. The molecule has 0 atom stereocenters. The van der Waals surface area contributed by atoms with E-state index in [1.54, 1.807) is 0 Å². The van der Waals surface area contributed by atoms with Crippen molar-refractivity contribution in [3.05, 3.63) is 11.1 Å². The lowest BCUT2D eigenvalue weighted by atomic mass is 10.1. The fraction of sp³-hybridized carbons (Fsp3) is 0.700. The molecular weight excluding hydrogens is 184 g/mol. The van der Waals surface area contributed by atoms with Gasteiger partial charge in [0, 0.05) is 11.3 Å². The highest BCUT2D eigenvalue weighted by atomic mass is 32.2. The molecule has 0 N–H and O–H groups in total. The van der Waals surface area contributed by atoms with Crippen molar-refractivity contribution in [1.82, 2.24) is 0 Å². The fourth-order valence-electron chi connectivity index (χ4n) is 1.33. The van der Waals surface area contributed by atoms with Gasteiger partial charge in [-0.3, -0.25) is 0 Å². The van der Waals surface area contributed by atoms with Gasteiger partial charge < -0.3 is 4.74 Å². The molecule has 0 unspecified atom stereocenters. The molecule has 3 heteroatoms. The zero-order valence-electron chi connectivity index (χ0n) is 8.26. The molecule has 0 amide bonds. The van der Waals surface area contributed by atoms with Crippen molar-refractivity contribution in [2.45, 2.75) is 26.7 Å².